The quantitative estimate of drug-likeness (QED) is 0.462. The molecule has 1 atom stereocenters. The molecule has 122 valence electrons. The van der Waals surface area contributed by atoms with Gasteiger partial charge in [-0.3, -0.25) is 4.99 Å². The number of hydrogen-bond acceptors (Lipinski definition) is 2. The second kappa shape index (κ2) is 8.13. The molecule has 1 aromatic carbocycles. The molecular weight excluding hydrogens is 281 g/mol. The molecule has 4 nitrogen and oxygen atoms in total. The Morgan fingerprint density at radius 3 is 2.86 bits per heavy atom. The molecule has 0 bridgehead atoms. The lowest BCUT2D eigenvalue weighted by Gasteiger charge is -2.18. The molecule has 0 aliphatic heterocycles. The van der Waals surface area contributed by atoms with E-state index in [4.69, 9.17) is 4.74 Å². The SMILES string of the molecule is CN=C(NCCOCC1CC1)NC(C)c1ccc(C)c(F)c1. The van der Waals surface area contributed by atoms with E-state index in [0.29, 0.717) is 24.7 Å². The van der Waals surface area contributed by atoms with Gasteiger partial charge < -0.3 is 15.4 Å². The zero-order valence-corrected chi connectivity index (χ0v) is 13.7. The van der Waals surface area contributed by atoms with E-state index in [2.05, 4.69) is 15.6 Å². The molecule has 1 aromatic rings. The van der Waals surface area contributed by atoms with E-state index < -0.39 is 0 Å². The maximum absolute atomic E-state index is 13.6. The lowest BCUT2D eigenvalue weighted by Crippen LogP contribution is -2.40. The van der Waals surface area contributed by atoms with Crippen LogP contribution in [0.5, 0.6) is 0 Å². The minimum absolute atomic E-state index is 0.0197. The minimum atomic E-state index is -0.178. The Morgan fingerprint density at radius 2 is 2.23 bits per heavy atom. The monoisotopic (exact) mass is 307 g/mol. The topological polar surface area (TPSA) is 45.7 Å². The molecule has 0 spiro atoms. The van der Waals surface area contributed by atoms with E-state index in [1.807, 2.05) is 13.0 Å². The van der Waals surface area contributed by atoms with Crippen LogP contribution in [0.1, 0.15) is 36.9 Å². The third-order valence-electron chi connectivity index (χ3n) is 3.86. The molecule has 5 heteroatoms. The van der Waals surface area contributed by atoms with Crippen molar-refractivity contribution >= 4 is 5.96 Å². The number of rotatable bonds is 7. The van der Waals surface area contributed by atoms with Gasteiger partial charge in [-0.25, -0.2) is 4.39 Å². The Kier molecular flexibility index (Phi) is 6.19. The van der Waals surface area contributed by atoms with Crippen LogP contribution < -0.4 is 10.6 Å². The Morgan fingerprint density at radius 1 is 1.45 bits per heavy atom. The Hall–Kier alpha value is -1.62. The Balaban J connectivity index is 1.74. The van der Waals surface area contributed by atoms with Gasteiger partial charge in [-0.05, 0) is 49.8 Å². The molecule has 1 fully saturated rings. The standard InChI is InChI=1S/C17H26FN3O/c1-12-4-7-15(10-16(12)18)13(2)21-17(19-3)20-8-9-22-11-14-5-6-14/h4,7,10,13-14H,5-6,8-9,11H2,1-3H3,(H2,19,20,21). The summed E-state index contributed by atoms with van der Waals surface area (Å²) in [5.74, 6) is 1.31. The van der Waals surface area contributed by atoms with Gasteiger partial charge in [0, 0.05) is 20.2 Å². The van der Waals surface area contributed by atoms with Gasteiger partial charge in [0.1, 0.15) is 5.82 Å². The highest BCUT2D eigenvalue weighted by Crippen LogP contribution is 2.28. The largest absolute Gasteiger partial charge is 0.379 e. The second-order valence-electron chi connectivity index (χ2n) is 5.89. The van der Waals surface area contributed by atoms with E-state index in [1.54, 1.807) is 26.1 Å². The third-order valence-corrected chi connectivity index (χ3v) is 3.86. The summed E-state index contributed by atoms with van der Waals surface area (Å²) in [6.07, 6.45) is 2.61. The number of hydrogen-bond donors (Lipinski definition) is 2. The van der Waals surface area contributed by atoms with Crippen molar-refractivity contribution in [2.45, 2.75) is 32.7 Å². The molecule has 0 radical (unpaired) electrons. The number of aryl methyl sites for hydroxylation is 1. The van der Waals surface area contributed by atoms with Gasteiger partial charge >= 0.3 is 0 Å². The first-order valence-corrected chi connectivity index (χ1v) is 7.91. The number of ether oxygens (including phenoxy) is 1. The third kappa shape index (κ3) is 5.30. The molecule has 1 aliphatic rings. The van der Waals surface area contributed by atoms with E-state index >= 15 is 0 Å². The van der Waals surface area contributed by atoms with E-state index in [0.717, 1.165) is 18.1 Å². The fourth-order valence-electron chi connectivity index (χ4n) is 2.14. The van der Waals surface area contributed by atoms with Crippen LogP contribution in [0.15, 0.2) is 23.2 Å². The van der Waals surface area contributed by atoms with E-state index in [-0.39, 0.29) is 11.9 Å². The molecule has 1 unspecified atom stereocenters. The average Bonchev–Trinajstić information content (AvgIpc) is 3.32. The number of guanidine groups is 1. The van der Waals surface area contributed by atoms with Gasteiger partial charge in [0.25, 0.3) is 0 Å². The fourth-order valence-corrected chi connectivity index (χ4v) is 2.14. The van der Waals surface area contributed by atoms with Gasteiger partial charge in [0.15, 0.2) is 5.96 Å². The Bertz CT molecular complexity index is 515. The summed E-state index contributed by atoms with van der Waals surface area (Å²) in [7, 11) is 1.73. The molecular formula is C17H26FN3O. The molecule has 0 saturated heterocycles. The Labute approximate surface area is 132 Å². The van der Waals surface area contributed by atoms with Crippen molar-refractivity contribution in [3.8, 4) is 0 Å². The van der Waals surface area contributed by atoms with Crippen molar-refractivity contribution in [3.05, 3.63) is 35.1 Å². The number of benzene rings is 1. The smallest absolute Gasteiger partial charge is 0.191 e. The molecule has 22 heavy (non-hydrogen) atoms. The normalized spacial score (nSPS) is 16.5. The molecule has 0 heterocycles. The van der Waals surface area contributed by atoms with Crippen molar-refractivity contribution in [2.75, 3.05) is 26.8 Å². The van der Waals surface area contributed by atoms with Crippen LogP contribution >= 0.6 is 0 Å². The van der Waals surface area contributed by atoms with Crippen molar-refractivity contribution in [2.24, 2.45) is 10.9 Å². The zero-order valence-electron chi connectivity index (χ0n) is 13.7. The molecule has 0 aromatic heterocycles. The van der Waals surface area contributed by atoms with Crippen LogP contribution in [0, 0.1) is 18.7 Å². The van der Waals surface area contributed by atoms with Gasteiger partial charge in [0.05, 0.1) is 12.6 Å². The van der Waals surface area contributed by atoms with Crippen LogP contribution in [0.3, 0.4) is 0 Å². The van der Waals surface area contributed by atoms with Gasteiger partial charge in [-0.1, -0.05) is 12.1 Å². The summed E-state index contributed by atoms with van der Waals surface area (Å²) < 4.78 is 19.2. The van der Waals surface area contributed by atoms with Crippen molar-refractivity contribution < 1.29 is 9.13 Å². The first-order chi connectivity index (χ1) is 10.6. The number of nitrogens with one attached hydrogen (secondary N) is 2. The van der Waals surface area contributed by atoms with Gasteiger partial charge in [-0.15, -0.1) is 0 Å². The predicted octanol–water partition coefficient (Wildman–Crippen LogP) is 2.79. The maximum Gasteiger partial charge on any atom is 0.191 e. The second-order valence-corrected chi connectivity index (χ2v) is 5.89. The van der Waals surface area contributed by atoms with Gasteiger partial charge in [0.2, 0.25) is 0 Å². The highest BCUT2D eigenvalue weighted by atomic mass is 19.1. The number of halogens is 1. The highest BCUT2D eigenvalue weighted by molar-refractivity contribution is 5.80. The van der Waals surface area contributed by atoms with Crippen LogP contribution in [0.25, 0.3) is 0 Å². The molecule has 1 aliphatic carbocycles. The zero-order chi connectivity index (χ0) is 15.9. The van der Waals surface area contributed by atoms with Crippen LogP contribution in [0.4, 0.5) is 4.39 Å². The fraction of sp³-hybridized carbons (Fsp3) is 0.588. The van der Waals surface area contributed by atoms with Crippen molar-refractivity contribution in [1.82, 2.24) is 10.6 Å². The summed E-state index contributed by atoms with van der Waals surface area (Å²) in [4.78, 5) is 4.18. The van der Waals surface area contributed by atoms with Crippen LogP contribution in [-0.4, -0.2) is 32.8 Å². The molecule has 2 N–H and O–H groups in total. The minimum Gasteiger partial charge on any atom is -0.379 e. The summed E-state index contributed by atoms with van der Waals surface area (Å²) in [5.41, 5.74) is 1.56. The number of aliphatic imine (C=N–C) groups is 1. The first-order valence-electron chi connectivity index (χ1n) is 7.91. The predicted molar refractivity (Wildman–Crippen MR) is 87.6 cm³/mol. The van der Waals surface area contributed by atoms with E-state index in [1.165, 1.54) is 12.8 Å². The van der Waals surface area contributed by atoms with Crippen LogP contribution in [-0.2, 0) is 4.74 Å². The van der Waals surface area contributed by atoms with Crippen LogP contribution in [0.2, 0.25) is 0 Å². The first kappa shape index (κ1) is 16.7. The molecule has 1 saturated carbocycles. The van der Waals surface area contributed by atoms with E-state index in [9.17, 15) is 4.39 Å². The highest BCUT2D eigenvalue weighted by Gasteiger charge is 2.20. The molecule has 2 rings (SSSR count). The number of nitrogens with zero attached hydrogens (tertiary/aromatic N) is 1. The summed E-state index contributed by atoms with van der Waals surface area (Å²) in [6.45, 7) is 6.00. The lowest BCUT2D eigenvalue weighted by molar-refractivity contribution is 0.129. The van der Waals surface area contributed by atoms with Crippen molar-refractivity contribution in [3.63, 3.8) is 0 Å². The average molecular weight is 307 g/mol. The maximum atomic E-state index is 13.6. The van der Waals surface area contributed by atoms with Gasteiger partial charge in [-0.2, -0.15) is 0 Å². The van der Waals surface area contributed by atoms with Crippen molar-refractivity contribution in [1.29, 1.82) is 0 Å². The molecule has 0 amide bonds. The summed E-state index contributed by atoms with van der Waals surface area (Å²) in [5, 5.41) is 6.47. The summed E-state index contributed by atoms with van der Waals surface area (Å²) >= 11 is 0. The summed E-state index contributed by atoms with van der Waals surface area (Å²) in [6, 6.07) is 5.28. The lowest BCUT2D eigenvalue weighted by atomic mass is 10.1.